The highest BCUT2D eigenvalue weighted by molar-refractivity contribution is 5.69. The summed E-state index contributed by atoms with van der Waals surface area (Å²) in [5, 5.41) is 9.75. The van der Waals surface area contributed by atoms with Gasteiger partial charge in [0.05, 0.1) is 6.10 Å². The van der Waals surface area contributed by atoms with Crippen molar-refractivity contribution >= 4 is 6.09 Å². The van der Waals surface area contributed by atoms with Gasteiger partial charge in [0.25, 0.3) is 0 Å². The molecule has 2 rings (SSSR count). The van der Waals surface area contributed by atoms with E-state index in [0.717, 1.165) is 25.8 Å². The van der Waals surface area contributed by atoms with E-state index in [0.29, 0.717) is 0 Å². The maximum Gasteiger partial charge on any atom is 0.410 e. The molecule has 0 spiro atoms. The van der Waals surface area contributed by atoms with Crippen molar-refractivity contribution < 1.29 is 14.6 Å². The highest BCUT2D eigenvalue weighted by Gasteiger charge is 2.45. The van der Waals surface area contributed by atoms with Gasteiger partial charge in [-0.2, -0.15) is 0 Å². The van der Waals surface area contributed by atoms with Gasteiger partial charge in [0, 0.05) is 18.5 Å². The SMILES string of the molecule is CC(C)(C)OC(=O)N1CC[C@@H]2[C@H](O)CC[C@H]21. The molecule has 0 bridgehead atoms. The number of amides is 1. The number of fused-ring (bicyclic) bond motifs is 1. The number of aliphatic hydroxyl groups is 1. The summed E-state index contributed by atoms with van der Waals surface area (Å²) >= 11 is 0. The van der Waals surface area contributed by atoms with Gasteiger partial charge in [0.15, 0.2) is 0 Å². The molecule has 3 atom stereocenters. The minimum absolute atomic E-state index is 0.199. The molecule has 4 heteroatoms. The van der Waals surface area contributed by atoms with Crippen LogP contribution in [0.2, 0.25) is 0 Å². The van der Waals surface area contributed by atoms with Gasteiger partial charge in [0.1, 0.15) is 5.60 Å². The van der Waals surface area contributed by atoms with Crippen molar-refractivity contribution in [2.75, 3.05) is 6.54 Å². The Hall–Kier alpha value is -0.770. The Morgan fingerprint density at radius 3 is 2.62 bits per heavy atom. The summed E-state index contributed by atoms with van der Waals surface area (Å²) < 4.78 is 5.37. The largest absolute Gasteiger partial charge is 0.444 e. The normalized spacial score (nSPS) is 34.0. The Kier molecular flexibility index (Phi) is 2.86. The van der Waals surface area contributed by atoms with Gasteiger partial charge >= 0.3 is 6.09 Å². The van der Waals surface area contributed by atoms with Crippen LogP contribution in [0.5, 0.6) is 0 Å². The number of carbonyl (C=O) groups excluding carboxylic acids is 1. The predicted octanol–water partition coefficient (Wildman–Crippen LogP) is 1.77. The minimum atomic E-state index is -0.438. The summed E-state index contributed by atoms with van der Waals surface area (Å²) in [6.45, 7) is 6.35. The van der Waals surface area contributed by atoms with E-state index in [-0.39, 0.29) is 24.2 Å². The Labute approximate surface area is 96.6 Å². The van der Waals surface area contributed by atoms with E-state index < -0.39 is 5.60 Å². The molecule has 0 aromatic rings. The second-order valence-corrected chi connectivity index (χ2v) is 5.84. The van der Waals surface area contributed by atoms with E-state index in [1.807, 2.05) is 20.8 Å². The molecule has 1 saturated carbocycles. The van der Waals surface area contributed by atoms with Crippen LogP contribution in [0.3, 0.4) is 0 Å². The smallest absolute Gasteiger partial charge is 0.410 e. The Morgan fingerprint density at radius 2 is 2.00 bits per heavy atom. The predicted molar refractivity (Wildman–Crippen MR) is 60.1 cm³/mol. The summed E-state index contributed by atoms with van der Waals surface area (Å²) in [4.78, 5) is 13.7. The third-order valence-corrected chi connectivity index (χ3v) is 3.48. The first kappa shape index (κ1) is 11.7. The zero-order valence-corrected chi connectivity index (χ0v) is 10.3. The van der Waals surface area contributed by atoms with Gasteiger partial charge in [-0.1, -0.05) is 0 Å². The number of carbonyl (C=O) groups is 1. The van der Waals surface area contributed by atoms with Crippen LogP contribution >= 0.6 is 0 Å². The van der Waals surface area contributed by atoms with Gasteiger partial charge in [-0.25, -0.2) is 4.79 Å². The van der Waals surface area contributed by atoms with Crippen molar-refractivity contribution in [2.45, 2.75) is 57.8 Å². The lowest BCUT2D eigenvalue weighted by molar-refractivity contribution is 0.0211. The number of ether oxygens (including phenoxy) is 1. The Bertz CT molecular complexity index is 284. The third kappa shape index (κ3) is 2.17. The highest BCUT2D eigenvalue weighted by atomic mass is 16.6. The molecule has 0 aromatic heterocycles. The molecular formula is C12H21NO3. The molecule has 1 aliphatic carbocycles. The molecule has 1 heterocycles. The van der Waals surface area contributed by atoms with Gasteiger partial charge in [-0.15, -0.1) is 0 Å². The molecule has 16 heavy (non-hydrogen) atoms. The van der Waals surface area contributed by atoms with Crippen molar-refractivity contribution in [3.05, 3.63) is 0 Å². The molecule has 1 saturated heterocycles. The van der Waals surface area contributed by atoms with Crippen LogP contribution in [0, 0.1) is 5.92 Å². The van der Waals surface area contributed by atoms with Crippen LogP contribution in [-0.2, 0) is 4.74 Å². The zero-order valence-electron chi connectivity index (χ0n) is 10.3. The fraction of sp³-hybridized carbons (Fsp3) is 0.917. The van der Waals surface area contributed by atoms with E-state index in [4.69, 9.17) is 4.74 Å². The van der Waals surface area contributed by atoms with Crippen LogP contribution in [0.1, 0.15) is 40.0 Å². The fourth-order valence-corrected chi connectivity index (χ4v) is 2.80. The number of likely N-dealkylation sites (tertiary alicyclic amines) is 1. The number of hydrogen-bond acceptors (Lipinski definition) is 3. The molecule has 0 unspecified atom stereocenters. The van der Waals surface area contributed by atoms with Crippen molar-refractivity contribution in [2.24, 2.45) is 5.92 Å². The summed E-state index contributed by atoms with van der Waals surface area (Å²) in [5.74, 6) is 0.271. The highest BCUT2D eigenvalue weighted by Crippen LogP contribution is 2.38. The first-order chi connectivity index (χ1) is 7.38. The molecule has 0 aromatic carbocycles. The topological polar surface area (TPSA) is 49.8 Å². The molecule has 92 valence electrons. The van der Waals surface area contributed by atoms with Gasteiger partial charge in [0.2, 0.25) is 0 Å². The molecule has 1 N–H and O–H groups in total. The zero-order chi connectivity index (χ0) is 11.9. The van der Waals surface area contributed by atoms with Crippen molar-refractivity contribution in [3.63, 3.8) is 0 Å². The van der Waals surface area contributed by atoms with Crippen LogP contribution in [0.25, 0.3) is 0 Å². The number of rotatable bonds is 0. The third-order valence-electron chi connectivity index (χ3n) is 3.48. The lowest BCUT2D eigenvalue weighted by atomic mass is 10.0. The van der Waals surface area contributed by atoms with E-state index in [9.17, 15) is 9.90 Å². The maximum atomic E-state index is 11.9. The molecule has 2 aliphatic rings. The monoisotopic (exact) mass is 227 g/mol. The first-order valence-corrected chi connectivity index (χ1v) is 6.06. The second kappa shape index (κ2) is 3.91. The van der Waals surface area contributed by atoms with Gasteiger partial charge < -0.3 is 14.7 Å². The van der Waals surface area contributed by atoms with Crippen molar-refractivity contribution in [3.8, 4) is 0 Å². The lowest BCUT2D eigenvalue weighted by Gasteiger charge is -2.28. The van der Waals surface area contributed by atoms with E-state index in [1.54, 1.807) is 4.90 Å². The van der Waals surface area contributed by atoms with E-state index in [1.165, 1.54) is 0 Å². The summed E-state index contributed by atoms with van der Waals surface area (Å²) in [7, 11) is 0. The number of hydrogen-bond donors (Lipinski definition) is 1. The standard InChI is InChI=1S/C12H21NO3/c1-12(2,3)16-11(15)13-7-6-8-9(13)4-5-10(8)14/h8-10,14H,4-7H2,1-3H3/t8-,9+,10+/m0/s1. The number of aliphatic hydroxyl groups excluding tert-OH is 1. The van der Waals surface area contributed by atoms with Crippen LogP contribution in [0.4, 0.5) is 4.79 Å². The van der Waals surface area contributed by atoms with Crippen LogP contribution < -0.4 is 0 Å². The number of nitrogens with zero attached hydrogens (tertiary/aromatic N) is 1. The molecule has 0 radical (unpaired) electrons. The van der Waals surface area contributed by atoms with E-state index in [2.05, 4.69) is 0 Å². The van der Waals surface area contributed by atoms with E-state index >= 15 is 0 Å². The summed E-state index contributed by atoms with van der Waals surface area (Å²) in [6.07, 6.45) is 2.18. The molecule has 1 amide bonds. The molecule has 2 fully saturated rings. The van der Waals surface area contributed by atoms with Gasteiger partial charge in [-0.05, 0) is 40.0 Å². The minimum Gasteiger partial charge on any atom is -0.444 e. The average molecular weight is 227 g/mol. The molecule has 4 nitrogen and oxygen atoms in total. The average Bonchev–Trinajstić information content (AvgIpc) is 2.66. The maximum absolute atomic E-state index is 11.9. The fourth-order valence-electron chi connectivity index (χ4n) is 2.80. The Balaban J connectivity index is 1.99. The van der Waals surface area contributed by atoms with Gasteiger partial charge in [-0.3, -0.25) is 0 Å². The second-order valence-electron chi connectivity index (χ2n) is 5.84. The van der Waals surface area contributed by atoms with Crippen LogP contribution in [-0.4, -0.2) is 40.4 Å². The summed E-state index contributed by atoms with van der Waals surface area (Å²) in [6, 6.07) is 0.199. The molecule has 1 aliphatic heterocycles. The first-order valence-electron chi connectivity index (χ1n) is 6.06. The van der Waals surface area contributed by atoms with Crippen LogP contribution in [0.15, 0.2) is 0 Å². The molecular weight excluding hydrogens is 206 g/mol. The Morgan fingerprint density at radius 1 is 1.31 bits per heavy atom. The summed E-state index contributed by atoms with van der Waals surface area (Å²) in [5.41, 5.74) is -0.438. The lowest BCUT2D eigenvalue weighted by Crippen LogP contribution is -2.40. The van der Waals surface area contributed by atoms with Crippen molar-refractivity contribution in [1.29, 1.82) is 0 Å². The quantitative estimate of drug-likeness (QED) is 0.686. The van der Waals surface area contributed by atoms with Crippen molar-refractivity contribution in [1.82, 2.24) is 4.90 Å².